The van der Waals surface area contributed by atoms with Crippen molar-refractivity contribution in [3.05, 3.63) is 16.1 Å². The fourth-order valence-electron chi connectivity index (χ4n) is 0.645. The molecule has 0 bridgehead atoms. The van der Waals surface area contributed by atoms with Crippen LogP contribution in [0.3, 0.4) is 0 Å². The molecule has 0 saturated heterocycles. The van der Waals surface area contributed by atoms with Crippen molar-refractivity contribution in [2.45, 2.75) is 13.1 Å². The average Bonchev–Trinajstić information content (AvgIpc) is 2.34. The Bertz CT molecular complexity index is 211. The summed E-state index contributed by atoms with van der Waals surface area (Å²) in [4.78, 5) is 3.94. The number of thiazole rings is 1. The van der Waals surface area contributed by atoms with E-state index in [0.29, 0.717) is 5.69 Å². The summed E-state index contributed by atoms with van der Waals surface area (Å²) in [5, 5.41) is 2.58. The van der Waals surface area contributed by atoms with Gasteiger partial charge in [-0.15, -0.1) is 11.3 Å². The molecule has 0 fully saturated rings. The number of hydrogen-bond acceptors (Lipinski definition) is 3. The molecule has 1 aromatic rings. The van der Waals surface area contributed by atoms with Crippen molar-refractivity contribution in [3.63, 3.8) is 0 Å². The number of nitrogens with zero attached hydrogens (tertiary/aromatic N) is 1. The molecule has 0 spiro atoms. The number of alkyl halides is 1. The maximum atomic E-state index is 12.7. The van der Waals surface area contributed by atoms with Crippen LogP contribution in [0.15, 0.2) is 5.38 Å². The molecule has 0 saturated carbocycles. The second-order valence-electron chi connectivity index (χ2n) is 1.99. The molecule has 0 amide bonds. The summed E-state index contributed by atoms with van der Waals surface area (Å²) in [6.45, 7) is 1.86. The maximum absolute atomic E-state index is 12.7. The average molecular weight is 160 g/mol. The summed E-state index contributed by atoms with van der Waals surface area (Å²) in [5.41, 5.74) is 5.57. The van der Waals surface area contributed by atoms with Gasteiger partial charge in [-0.2, -0.15) is 0 Å². The Labute approximate surface area is 62.9 Å². The van der Waals surface area contributed by atoms with Crippen molar-refractivity contribution in [3.8, 4) is 0 Å². The lowest BCUT2D eigenvalue weighted by Crippen LogP contribution is -2.07. The summed E-state index contributed by atoms with van der Waals surface area (Å²) in [6, 6.07) is 0. The normalized spacial score (nSPS) is 13.5. The number of nitrogens with two attached hydrogens (primary N) is 1. The third-order valence-corrected chi connectivity index (χ3v) is 1.96. The minimum absolute atomic E-state index is 0.0170. The fourth-order valence-corrected chi connectivity index (χ4v) is 1.29. The Morgan fingerprint density at radius 1 is 1.90 bits per heavy atom. The zero-order valence-corrected chi connectivity index (χ0v) is 6.49. The van der Waals surface area contributed by atoms with Crippen molar-refractivity contribution in [2.24, 2.45) is 5.73 Å². The van der Waals surface area contributed by atoms with Gasteiger partial charge < -0.3 is 5.73 Å². The van der Waals surface area contributed by atoms with E-state index in [1.807, 2.05) is 6.92 Å². The van der Waals surface area contributed by atoms with Crippen LogP contribution in [0, 0.1) is 6.92 Å². The number of hydrogen-bond donors (Lipinski definition) is 1. The lowest BCUT2D eigenvalue weighted by molar-refractivity contribution is 0.346. The summed E-state index contributed by atoms with van der Waals surface area (Å²) < 4.78 is 12.7. The van der Waals surface area contributed by atoms with Gasteiger partial charge in [-0.3, -0.25) is 0 Å². The molecule has 0 aliphatic rings. The molecule has 1 unspecified atom stereocenters. The Kier molecular flexibility index (Phi) is 2.34. The zero-order valence-electron chi connectivity index (χ0n) is 5.67. The first kappa shape index (κ1) is 7.63. The molecule has 10 heavy (non-hydrogen) atoms. The van der Waals surface area contributed by atoms with Crippen LogP contribution < -0.4 is 5.73 Å². The van der Waals surface area contributed by atoms with Crippen LogP contribution >= 0.6 is 11.3 Å². The van der Waals surface area contributed by atoms with Crippen molar-refractivity contribution in [1.82, 2.24) is 4.98 Å². The molecular formula is C6H9FN2S. The van der Waals surface area contributed by atoms with Gasteiger partial charge in [0.05, 0.1) is 10.7 Å². The van der Waals surface area contributed by atoms with Crippen LogP contribution in [-0.2, 0) is 0 Å². The zero-order chi connectivity index (χ0) is 7.56. The lowest BCUT2D eigenvalue weighted by Gasteiger charge is -1.97. The van der Waals surface area contributed by atoms with Gasteiger partial charge in [0.15, 0.2) is 6.17 Å². The highest BCUT2D eigenvalue weighted by Gasteiger charge is 2.09. The Morgan fingerprint density at radius 2 is 2.60 bits per heavy atom. The van der Waals surface area contributed by atoms with Gasteiger partial charge >= 0.3 is 0 Å². The Morgan fingerprint density at radius 3 is 3.00 bits per heavy atom. The highest BCUT2D eigenvalue weighted by atomic mass is 32.1. The van der Waals surface area contributed by atoms with Crippen LogP contribution in [0.25, 0.3) is 0 Å². The molecule has 1 heterocycles. The molecule has 0 radical (unpaired) electrons. The highest BCUT2D eigenvalue weighted by Crippen LogP contribution is 2.17. The predicted octanol–water partition coefficient (Wildman–Crippen LogP) is 1.42. The third kappa shape index (κ3) is 1.52. The topological polar surface area (TPSA) is 38.9 Å². The summed E-state index contributed by atoms with van der Waals surface area (Å²) in [6.07, 6.45) is -1.09. The Balaban J connectivity index is 2.74. The Hall–Kier alpha value is -0.480. The van der Waals surface area contributed by atoms with E-state index in [4.69, 9.17) is 5.73 Å². The number of aromatic nitrogens is 1. The molecule has 2 N–H and O–H groups in total. The second kappa shape index (κ2) is 3.07. The summed E-state index contributed by atoms with van der Waals surface area (Å²) in [7, 11) is 0. The van der Waals surface area contributed by atoms with Crippen molar-refractivity contribution in [2.75, 3.05) is 6.54 Å². The molecule has 0 aliphatic carbocycles. The fraction of sp³-hybridized carbons (Fsp3) is 0.500. The van der Waals surface area contributed by atoms with E-state index >= 15 is 0 Å². The van der Waals surface area contributed by atoms with Gasteiger partial charge in [0.1, 0.15) is 0 Å². The third-order valence-electron chi connectivity index (χ3n) is 1.16. The molecule has 4 heteroatoms. The first-order valence-corrected chi connectivity index (χ1v) is 3.88. The minimum atomic E-state index is -1.09. The summed E-state index contributed by atoms with van der Waals surface area (Å²) >= 11 is 1.44. The van der Waals surface area contributed by atoms with E-state index in [0.717, 1.165) is 5.01 Å². The number of rotatable bonds is 2. The van der Waals surface area contributed by atoms with Crippen molar-refractivity contribution in [1.29, 1.82) is 0 Å². The molecule has 1 atom stereocenters. The first-order chi connectivity index (χ1) is 4.74. The molecule has 0 aliphatic heterocycles. The molecular weight excluding hydrogens is 151 g/mol. The summed E-state index contributed by atoms with van der Waals surface area (Å²) in [5.74, 6) is 0. The maximum Gasteiger partial charge on any atom is 0.155 e. The number of halogens is 1. The monoisotopic (exact) mass is 160 g/mol. The highest BCUT2D eigenvalue weighted by molar-refractivity contribution is 7.09. The van der Waals surface area contributed by atoms with E-state index in [1.54, 1.807) is 5.38 Å². The van der Waals surface area contributed by atoms with E-state index < -0.39 is 6.17 Å². The molecule has 2 nitrogen and oxygen atoms in total. The van der Waals surface area contributed by atoms with Crippen LogP contribution in [0.1, 0.15) is 16.9 Å². The lowest BCUT2D eigenvalue weighted by atomic mass is 10.3. The van der Waals surface area contributed by atoms with Crippen molar-refractivity contribution >= 4 is 11.3 Å². The van der Waals surface area contributed by atoms with Gasteiger partial charge in [-0.1, -0.05) is 0 Å². The van der Waals surface area contributed by atoms with Gasteiger partial charge in [-0.25, -0.2) is 9.37 Å². The standard InChI is InChI=1S/C6H9FN2S/c1-4-9-6(3-10-4)5(7)2-8/h3,5H,2,8H2,1H3. The smallest absolute Gasteiger partial charge is 0.155 e. The van der Waals surface area contributed by atoms with Gasteiger partial charge in [0.25, 0.3) is 0 Å². The van der Waals surface area contributed by atoms with Crippen LogP contribution in [0.5, 0.6) is 0 Å². The quantitative estimate of drug-likeness (QED) is 0.710. The minimum Gasteiger partial charge on any atom is -0.327 e. The van der Waals surface area contributed by atoms with Crippen LogP contribution in [0.4, 0.5) is 4.39 Å². The van der Waals surface area contributed by atoms with Gasteiger partial charge in [0.2, 0.25) is 0 Å². The first-order valence-electron chi connectivity index (χ1n) is 3.00. The second-order valence-corrected chi connectivity index (χ2v) is 3.06. The van der Waals surface area contributed by atoms with E-state index in [-0.39, 0.29) is 6.54 Å². The SMILES string of the molecule is Cc1nc(C(F)CN)cs1. The molecule has 1 aromatic heterocycles. The largest absolute Gasteiger partial charge is 0.327 e. The van der Waals surface area contributed by atoms with Gasteiger partial charge in [-0.05, 0) is 6.92 Å². The van der Waals surface area contributed by atoms with Crippen molar-refractivity contribution < 1.29 is 4.39 Å². The van der Waals surface area contributed by atoms with E-state index in [1.165, 1.54) is 11.3 Å². The molecule has 0 aromatic carbocycles. The number of aryl methyl sites for hydroxylation is 1. The van der Waals surface area contributed by atoms with E-state index in [2.05, 4.69) is 4.98 Å². The van der Waals surface area contributed by atoms with Gasteiger partial charge in [0, 0.05) is 11.9 Å². The van der Waals surface area contributed by atoms with E-state index in [9.17, 15) is 4.39 Å². The van der Waals surface area contributed by atoms with Crippen LogP contribution in [0.2, 0.25) is 0 Å². The predicted molar refractivity (Wildman–Crippen MR) is 39.8 cm³/mol. The van der Waals surface area contributed by atoms with Crippen LogP contribution in [-0.4, -0.2) is 11.5 Å². The molecule has 56 valence electrons. The molecule has 1 rings (SSSR count).